The summed E-state index contributed by atoms with van der Waals surface area (Å²) in [6, 6.07) is 4.61. The minimum Gasteiger partial charge on any atom is -0.434 e. The molecular formula is C16H20F2N2O4. The fraction of sp³-hybridized carbons (Fsp3) is 0.500. The lowest BCUT2D eigenvalue weighted by Gasteiger charge is -2.26. The van der Waals surface area contributed by atoms with Gasteiger partial charge in [0.05, 0.1) is 12.2 Å². The number of carbonyl (C=O) groups is 2. The van der Waals surface area contributed by atoms with E-state index in [0.717, 1.165) is 0 Å². The molecule has 2 rings (SSSR count). The van der Waals surface area contributed by atoms with Gasteiger partial charge < -0.3 is 20.1 Å². The first kappa shape index (κ1) is 18.1. The summed E-state index contributed by atoms with van der Waals surface area (Å²) in [7, 11) is 0. The van der Waals surface area contributed by atoms with Crippen LogP contribution in [0.25, 0.3) is 0 Å². The molecule has 0 bridgehead atoms. The third-order valence-corrected chi connectivity index (χ3v) is 3.81. The highest BCUT2D eigenvalue weighted by Gasteiger charge is 2.36. The Balaban J connectivity index is 2.18. The summed E-state index contributed by atoms with van der Waals surface area (Å²) in [5, 5.41) is 11.6. The highest BCUT2D eigenvalue weighted by Crippen LogP contribution is 2.26. The maximum absolute atomic E-state index is 12.7. The zero-order valence-electron chi connectivity index (χ0n) is 13.2. The number of para-hydroxylation sites is 1. The number of nitrogens with zero attached hydrogens (tertiary/aromatic N) is 1. The minimum atomic E-state index is -3.04. The Hall–Kier alpha value is -2.22. The van der Waals surface area contributed by atoms with Crippen LogP contribution in [0.2, 0.25) is 0 Å². The largest absolute Gasteiger partial charge is 0.434 e. The van der Waals surface area contributed by atoms with Crippen LogP contribution in [0.1, 0.15) is 30.1 Å². The number of halogens is 2. The molecule has 1 aliphatic heterocycles. The molecule has 0 aromatic heterocycles. The van der Waals surface area contributed by atoms with E-state index < -0.39 is 24.6 Å². The summed E-state index contributed by atoms with van der Waals surface area (Å²) in [6.07, 6.45) is 1.11. The highest BCUT2D eigenvalue weighted by atomic mass is 19.3. The van der Waals surface area contributed by atoms with Gasteiger partial charge in [0, 0.05) is 12.6 Å². The van der Waals surface area contributed by atoms with Gasteiger partial charge in [0.25, 0.3) is 5.91 Å². The summed E-state index contributed by atoms with van der Waals surface area (Å²) < 4.78 is 29.4. The van der Waals surface area contributed by atoms with E-state index in [1.165, 1.54) is 23.1 Å². The predicted octanol–water partition coefficient (Wildman–Crippen LogP) is 1.39. The molecule has 1 heterocycles. The molecule has 8 heteroatoms. The molecule has 2 N–H and O–H groups in total. The van der Waals surface area contributed by atoms with Gasteiger partial charge in [0.2, 0.25) is 5.91 Å². The average Bonchev–Trinajstić information content (AvgIpc) is 3.03. The van der Waals surface area contributed by atoms with Gasteiger partial charge in [-0.05, 0) is 31.9 Å². The first-order valence-electron chi connectivity index (χ1n) is 7.70. The number of hydrogen-bond acceptors (Lipinski definition) is 4. The summed E-state index contributed by atoms with van der Waals surface area (Å²) in [6.45, 7) is -1.25. The van der Waals surface area contributed by atoms with Gasteiger partial charge in [-0.3, -0.25) is 9.59 Å². The number of alkyl halides is 2. The van der Waals surface area contributed by atoms with E-state index in [-0.39, 0.29) is 23.8 Å². The van der Waals surface area contributed by atoms with Gasteiger partial charge in [-0.15, -0.1) is 0 Å². The SMILES string of the molecule is CC(CO)NC(=O)C1CCCN1C(=O)c1ccccc1OC(F)F. The molecular weight excluding hydrogens is 322 g/mol. The van der Waals surface area contributed by atoms with Crippen LogP contribution in [0.3, 0.4) is 0 Å². The highest BCUT2D eigenvalue weighted by molar-refractivity contribution is 6.00. The van der Waals surface area contributed by atoms with E-state index in [0.29, 0.717) is 19.4 Å². The van der Waals surface area contributed by atoms with Crippen LogP contribution in [0.4, 0.5) is 8.78 Å². The minimum absolute atomic E-state index is 0.00675. The fourth-order valence-electron chi connectivity index (χ4n) is 2.66. The Morgan fingerprint density at radius 3 is 2.79 bits per heavy atom. The average molecular weight is 342 g/mol. The van der Waals surface area contributed by atoms with Crippen molar-refractivity contribution >= 4 is 11.8 Å². The van der Waals surface area contributed by atoms with Crippen molar-refractivity contribution in [3.05, 3.63) is 29.8 Å². The third-order valence-electron chi connectivity index (χ3n) is 3.81. The van der Waals surface area contributed by atoms with E-state index in [2.05, 4.69) is 10.1 Å². The van der Waals surface area contributed by atoms with Crippen LogP contribution in [-0.4, -0.2) is 53.7 Å². The molecule has 24 heavy (non-hydrogen) atoms. The van der Waals surface area contributed by atoms with Crippen molar-refractivity contribution in [2.24, 2.45) is 0 Å². The number of nitrogens with one attached hydrogen (secondary N) is 1. The molecule has 1 fully saturated rings. The van der Waals surface area contributed by atoms with E-state index in [1.807, 2.05) is 0 Å². The van der Waals surface area contributed by atoms with E-state index in [1.54, 1.807) is 13.0 Å². The van der Waals surface area contributed by atoms with Crippen molar-refractivity contribution in [3.63, 3.8) is 0 Å². The number of amides is 2. The molecule has 1 aromatic rings. The van der Waals surface area contributed by atoms with Crippen molar-refractivity contribution in [1.29, 1.82) is 0 Å². The maximum Gasteiger partial charge on any atom is 0.387 e. The molecule has 0 spiro atoms. The van der Waals surface area contributed by atoms with Gasteiger partial charge in [-0.25, -0.2) is 0 Å². The van der Waals surface area contributed by atoms with Crippen LogP contribution in [-0.2, 0) is 4.79 Å². The molecule has 1 aromatic carbocycles. The quantitative estimate of drug-likeness (QED) is 0.819. The second-order valence-corrected chi connectivity index (χ2v) is 5.62. The number of rotatable bonds is 6. The van der Waals surface area contributed by atoms with E-state index in [4.69, 9.17) is 5.11 Å². The standard InChI is InChI=1S/C16H20F2N2O4/c1-10(9-21)19-14(22)12-6-4-8-20(12)15(23)11-5-2-3-7-13(11)24-16(17)18/h2-3,5,7,10,12,16,21H,4,6,8-9H2,1H3,(H,19,22). The molecule has 0 aliphatic carbocycles. The summed E-state index contributed by atoms with van der Waals surface area (Å²) in [4.78, 5) is 26.3. The van der Waals surface area contributed by atoms with E-state index in [9.17, 15) is 18.4 Å². The van der Waals surface area contributed by atoms with Crippen LogP contribution in [0.15, 0.2) is 24.3 Å². The molecule has 6 nitrogen and oxygen atoms in total. The van der Waals surface area contributed by atoms with Crippen LogP contribution < -0.4 is 10.1 Å². The summed E-state index contributed by atoms with van der Waals surface area (Å²) in [5.74, 6) is -1.11. The molecule has 1 aliphatic rings. The number of likely N-dealkylation sites (tertiary alicyclic amines) is 1. The van der Waals surface area contributed by atoms with Crippen molar-refractivity contribution in [2.75, 3.05) is 13.2 Å². The number of ether oxygens (including phenoxy) is 1. The third kappa shape index (κ3) is 4.19. The smallest absolute Gasteiger partial charge is 0.387 e. The molecule has 2 unspecified atom stereocenters. The van der Waals surface area contributed by atoms with Gasteiger partial charge in [-0.2, -0.15) is 8.78 Å². The molecule has 0 saturated carbocycles. The Morgan fingerprint density at radius 2 is 2.12 bits per heavy atom. The Kier molecular flexibility index (Phi) is 6.08. The van der Waals surface area contributed by atoms with Crippen molar-refractivity contribution in [2.45, 2.75) is 38.5 Å². The normalized spacial score (nSPS) is 18.5. The molecule has 1 saturated heterocycles. The lowest BCUT2D eigenvalue weighted by molar-refractivity contribution is -0.125. The predicted molar refractivity (Wildman–Crippen MR) is 81.8 cm³/mol. The van der Waals surface area contributed by atoms with E-state index >= 15 is 0 Å². The van der Waals surface area contributed by atoms with Crippen molar-refractivity contribution in [1.82, 2.24) is 10.2 Å². The first-order chi connectivity index (χ1) is 11.4. The monoisotopic (exact) mass is 342 g/mol. The number of carbonyl (C=O) groups excluding carboxylic acids is 2. The number of aliphatic hydroxyl groups excluding tert-OH is 1. The van der Waals surface area contributed by atoms with Crippen molar-refractivity contribution in [3.8, 4) is 5.75 Å². The summed E-state index contributed by atoms with van der Waals surface area (Å²) >= 11 is 0. The lowest BCUT2D eigenvalue weighted by Crippen LogP contribution is -2.49. The molecule has 2 atom stereocenters. The van der Waals surface area contributed by atoms with Gasteiger partial charge in [0.15, 0.2) is 0 Å². The molecule has 132 valence electrons. The Labute approximate surface area is 138 Å². The number of hydrogen-bond donors (Lipinski definition) is 2. The van der Waals surface area contributed by atoms with Gasteiger partial charge >= 0.3 is 6.61 Å². The second kappa shape index (κ2) is 8.05. The number of aliphatic hydroxyl groups is 1. The topological polar surface area (TPSA) is 78.9 Å². The fourth-order valence-corrected chi connectivity index (χ4v) is 2.66. The van der Waals surface area contributed by atoms with Gasteiger partial charge in [-0.1, -0.05) is 12.1 Å². The Bertz CT molecular complexity index is 597. The van der Waals surface area contributed by atoms with Crippen LogP contribution >= 0.6 is 0 Å². The summed E-state index contributed by atoms with van der Waals surface area (Å²) in [5.41, 5.74) is -0.00675. The molecule has 0 radical (unpaired) electrons. The molecule has 2 amide bonds. The van der Waals surface area contributed by atoms with Crippen LogP contribution in [0.5, 0.6) is 5.75 Å². The first-order valence-corrected chi connectivity index (χ1v) is 7.70. The Morgan fingerprint density at radius 1 is 1.42 bits per heavy atom. The van der Waals surface area contributed by atoms with Gasteiger partial charge in [0.1, 0.15) is 11.8 Å². The zero-order valence-corrected chi connectivity index (χ0v) is 13.2. The van der Waals surface area contributed by atoms with Crippen molar-refractivity contribution < 1.29 is 28.2 Å². The zero-order chi connectivity index (χ0) is 17.7. The van der Waals surface area contributed by atoms with Crippen LogP contribution in [0, 0.1) is 0 Å². The lowest BCUT2D eigenvalue weighted by atomic mass is 10.1. The maximum atomic E-state index is 12.7. The second-order valence-electron chi connectivity index (χ2n) is 5.62. The number of benzene rings is 1.